The van der Waals surface area contributed by atoms with Crippen LogP contribution in [0.5, 0.6) is 0 Å². The lowest BCUT2D eigenvalue weighted by molar-refractivity contribution is -0.117. The lowest BCUT2D eigenvalue weighted by Crippen LogP contribution is -2.42. The van der Waals surface area contributed by atoms with Crippen LogP contribution in [-0.2, 0) is 9.53 Å². The van der Waals surface area contributed by atoms with E-state index in [2.05, 4.69) is 5.32 Å². The third kappa shape index (κ3) is 3.00. The lowest BCUT2D eigenvalue weighted by atomic mass is 10.2. The van der Waals surface area contributed by atoms with Gasteiger partial charge in [-0.05, 0) is 25.0 Å². The molecule has 1 aromatic rings. The number of anilines is 1. The fourth-order valence-electron chi connectivity index (χ4n) is 1.82. The predicted octanol–water partition coefficient (Wildman–Crippen LogP) is 1.78. The number of hydrogen-bond acceptors (Lipinski definition) is 3. The monoisotopic (exact) mass is 248 g/mol. The van der Waals surface area contributed by atoms with Crippen LogP contribution in [0, 0.1) is 6.92 Å². The standard InChI is InChI=1S/C13H16N2O3/c1-10-5-2-3-6-11(10)14-12(16)9-15-7-4-8-18-13(15)17/h2-3,5-6H,4,7-9H2,1H3,(H,14,16). The zero-order valence-electron chi connectivity index (χ0n) is 10.3. The van der Waals surface area contributed by atoms with Crippen LogP contribution in [0.4, 0.5) is 10.5 Å². The van der Waals surface area contributed by atoms with E-state index in [1.54, 1.807) is 0 Å². The minimum atomic E-state index is -0.416. The van der Waals surface area contributed by atoms with Gasteiger partial charge in [0.25, 0.3) is 0 Å². The molecule has 2 rings (SSSR count). The molecule has 1 aromatic carbocycles. The third-order valence-corrected chi connectivity index (χ3v) is 2.81. The molecule has 0 radical (unpaired) electrons. The molecule has 0 atom stereocenters. The van der Waals surface area contributed by atoms with E-state index in [-0.39, 0.29) is 12.5 Å². The summed E-state index contributed by atoms with van der Waals surface area (Å²) in [4.78, 5) is 24.6. The molecule has 0 bridgehead atoms. The number of cyclic esters (lactones) is 1. The van der Waals surface area contributed by atoms with Crippen molar-refractivity contribution in [1.82, 2.24) is 4.90 Å². The van der Waals surface area contributed by atoms with Crippen molar-refractivity contribution in [3.8, 4) is 0 Å². The maximum atomic E-state index is 11.8. The van der Waals surface area contributed by atoms with E-state index < -0.39 is 6.09 Å². The van der Waals surface area contributed by atoms with Gasteiger partial charge in [0, 0.05) is 12.2 Å². The molecule has 1 saturated heterocycles. The van der Waals surface area contributed by atoms with E-state index in [0.29, 0.717) is 13.2 Å². The Balaban J connectivity index is 1.92. The van der Waals surface area contributed by atoms with Gasteiger partial charge in [0.1, 0.15) is 6.54 Å². The van der Waals surface area contributed by atoms with Crippen LogP contribution in [0.25, 0.3) is 0 Å². The van der Waals surface area contributed by atoms with Gasteiger partial charge in [-0.2, -0.15) is 0 Å². The predicted molar refractivity (Wildman–Crippen MR) is 67.3 cm³/mol. The summed E-state index contributed by atoms with van der Waals surface area (Å²) >= 11 is 0. The molecule has 18 heavy (non-hydrogen) atoms. The second kappa shape index (κ2) is 5.53. The van der Waals surface area contributed by atoms with Gasteiger partial charge >= 0.3 is 6.09 Å². The average molecular weight is 248 g/mol. The van der Waals surface area contributed by atoms with E-state index in [0.717, 1.165) is 17.7 Å². The molecule has 0 unspecified atom stereocenters. The van der Waals surface area contributed by atoms with Crippen LogP contribution < -0.4 is 5.32 Å². The second-order valence-electron chi connectivity index (χ2n) is 4.25. The number of carbonyl (C=O) groups excluding carboxylic acids is 2. The number of nitrogens with zero attached hydrogens (tertiary/aromatic N) is 1. The first-order valence-corrected chi connectivity index (χ1v) is 5.94. The fraction of sp³-hybridized carbons (Fsp3) is 0.385. The number of amides is 2. The first-order valence-electron chi connectivity index (χ1n) is 5.94. The number of ether oxygens (including phenoxy) is 1. The van der Waals surface area contributed by atoms with Crippen LogP contribution in [0.3, 0.4) is 0 Å². The highest BCUT2D eigenvalue weighted by Gasteiger charge is 2.21. The SMILES string of the molecule is Cc1ccccc1NC(=O)CN1CCCOC1=O. The van der Waals surface area contributed by atoms with E-state index in [4.69, 9.17) is 4.74 Å². The zero-order chi connectivity index (χ0) is 13.0. The highest BCUT2D eigenvalue weighted by atomic mass is 16.6. The first-order chi connectivity index (χ1) is 8.66. The normalized spacial score (nSPS) is 15.2. The van der Waals surface area contributed by atoms with Gasteiger partial charge in [0.15, 0.2) is 0 Å². The van der Waals surface area contributed by atoms with Crippen molar-refractivity contribution in [3.63, 3.8) is 0 Å². The Morgan fingerprint density at radius 2 is 2.22 bits per heavy atom. The first kappa shape index (κ1) is 12.4. The minimum Gasteiger partial charge on any atom is -0.449 e. The van der Waals surface area contributed by atoms with Crippen molar-refractivity contribution >= 4 is 17.7 Å². The lowest BCUT2D eigenvalue weighted by Gasteiger charge is -2.25. The molecule has 1 aliphatic rings. The quantitative estimate of drug-likeness (QED) is 0.887. The molecule has 0 aliphatic carbocycles. The minimum absolute atomic E-state index is 0.0349. The summed E-state index contributed by atoms with van der Waals surface area (Å²) in [5, 5.41) is 2.79. The van der Waals surface area contributed by atoms with Crippen LogP contribution in [0.1, 0.15) is 12.0 Å². The fourth-order valence-corrected chi connectivity index (χ4v) is 1.82. The average Bonchev–Trinajstić information content (AvgIpc) is 2.35. The summed E-state index contributed by atoms with van der Waals surface area (Å²) in [6.07, 6.45) is 0.352. The highest BCUT2D eigenvalue weighted by molar-refractivity contribution is 5.94. The van der Waals surface area contributed by atoms with E-state index >= 15 is 0 Å². The zero-order valence-corrected chi connectivity index (χ0v) is 10.3. The molecular formula is C13H16N2O3. The van der Waals surface area contributed by atoms with Gasteiger partial charge in [-0.1, -0.05) is 18.2 Å². The molecule has 5 heteroatoms. The van der Waals surface area contributed by atoms with Crippen LogP contribution in [-0.4, -0.2) is 36.6 Å². The molecule has 1 aliphatic heterocycles. The second-order valence-corrected chi connectivity index (χ2v) is 4.25. The van der Waals surface area contributed by atoms with E-state index in [1.165, 1.54) is 4.90 Å². The van der Waals surface area contributed by atoms with Crippen molar-refractivity contribution in [1.29, 1.82) is 0 Å². The molecule has 0 saturated carbocycles. The molecule has 0 aromatic heterocycles. The molecule has 0 spiro atoms. The summed E-state index contributed by atoms with van der Waals surface area (Å²) in [6, 6.07) is 7.53. The van der Waals surface area contributed by atoms with Gasteiger partial charge in [0.05, 0.1) is 6.61 Å². The van der Waals surface area contributed by atoms with Gasteiger partial charge in [-0.25, -0.2) is 4.79 Å². The van der Waals surface area contributed by atoms with Crippen molar-refractivity contribution in [2.45, 2.75) is 13.3 Å². The summed E-state index contributed by atoms with van der Waals surface area (Å²) < 4.78 is 4.87. The van der Waals surface area contributed by atoms with Crippen molar-refractivity contribution in [3.05, 3.63) is 29.8 Å². The Morgan fingerprint density at radius 1 is 1.44 bits per heavy atom. The molecule has 1 heterocycles. The van der Waals surface area contributed by atoms with Gasteiger partial charge in [0.2, 0.25) is 5.91 Å². The van der Waals surface area contributed by atoms with Crippen LogP contribution in [0.15, 0.2) is 24.3 Å². The number of benzene rings is 1. The maximum Gasteiger partial charge on any atom is 0.410 e. The van der Waals surface area contributed by atoms with Gasteiger partial charge in [-0.15, -0.1) is 0 Å². The van der Waals surface area contributed by atoms with Crippen molar-refractivity contribution in [2.24, 2.45) is 0 Å². The summed E-state index contributed by atoms with van der Waals surface area (Å²) in [5.74, 6) is -0.205. The Kier molecular flexibility index (Phi) is 3.82. The topological polar surface area (TPSA) is 58.6 Å². The summed E-state index contributed by atoms with van der Waals surface area (Å²) in [6.45, 7) is 2.96. The third-order valence-electron chi connectivity index (χ3n) is 2.81. The Bertz CT molecular complexity index is 459. The molecule has 5 nitrogen and oxygen atoms in total. The Hall–Kier alpha value is -2.04. The number of aryl methyl sites for hydroxylation is 1. The Morgan fingerprint density at radius 3 is 2.94 bits per heavy atom. The maximum absolute atomic E-state index is 11.8. The van der Waals surface area contributed by atoms with Gasteiger partial charge < -0.3 is 10.1 Å². The van der Waals surface area contributed by atoms with E-state index in [9.17, 15) is 9.59 Å². The number of carbonyl (C=O) groups is 2. The number of nitrogens with one attached hydrogen (secondary N) is 1. The molecule has 96 valence electrons. The number of hydrogen-bond donors (Lipinski definition) is 1. The largest absolute Gasteiger partial charge is 0.449 e. The molecule has 1 N–H and O–H groups in total. The van der Waals surface area contributed by atoms with E-state index in [1.807, 2.05) is 31.2 Å². The number of para-hydroxylation sites is 1. The Labute approximate surface area is 106 Å². The van der Waals surface area contributed by atoms with Crippen LogP contribution >= 0.6 is 0 Å². The molecular weight excluding hydrogens is 232 g/mol. The summed E-state index contributed by atoms with van der Waals surface area (Å²) in [7, 11) is 0. The van der Waals surface area contributed by atoms with Crippen molar-refractivity contribution < 1.29 is 14.3 Å². The van der Waals surface area contributed by atoms with Crippen LogP contribution in [0.2, 0.25) is 0 Å². The van der Waals surface area contributed by atoms with Crippen molar-refractivity contribution in [2.75, 3.05) is 25.0 Å². The highest BCUT2D eigenvalue weighted by Crippen LogP contribution is 2.13. The summed E-state index contributed by atoms with van der Waals surface area (Å²) in [5.41, 5.74) is 1.76. The molecule has 2 amide bonds. The smallest absolute Gasteiger partial charge is 0.410 e. The van der Waals surface area contributed by atoms with Gasteiger partial charge in [-0.3, -0.25) is 9.69 Å². The molecule has 1 fully saturated rings. The number of rotatable bonds is 3.